The number of hydrogen-bond acceptors (Lipinski definition) is 5. The molecular weight excluding hydrogens is 600 g/mol. The number of ether oxygens (including phenoxy) is 1. The Labute approximate surface area is 195 Å². The van der Waals surface area contributed by atoms with E-state index in [9.17, 15) is 9.59 Å². The molecule has 1 aliphatic heterocycles. The van der Waals surface area contributed by atoms with E-state index < -0.39 is 12.6 Å². The number of nitrogens with one attached hydrogen (secondary N) is 1. The Hall–Kier alpha value is -1.89. The molecule has 0 unspecified atom stereocenters. The van der Waals surface area contributed by atoms with Crippen LogP contribution in [-0.4, -0.2) is 42.9 Å². The van der Waals surface area contributed by atoms with Crippen LogP contribution in [0.15, 0.2) is 41.5 Å². The van der Waals surface area contributed by atoms with E-state index in [0.29, 0.717) is 11.3 Å². The molecule has 0 spiro atoms. The van der Waals surface area contributed by atoms with Crippen LogP contribution in [0.5, 0.6) is 5.75 Å². The number of carbonyl (C=O) groups excluding carboxylic acids is 1. The van der Waals surface area contributed by atoms with Gasteiger partial charge in [0.25, 0.3) is 5.91 Å². The van der Waals surface area contributed by atoms with Crippen LogP contribution in [0.25, 0.3) is 0 Å². The summed E-state index contributed by atoms with van der Waals surface area (Å²) in [6.45, 7) is 1.73. The number of nitrogens with zero attached hydrogens (tertiary/aromatic N) is 2. The predicted molar refractivity (Wildman–Crippen MR) is 128 cm³/mol. The molecule has 0 aliphatic carbocycles. The molecule has 2 aromatic carbocycles. The van der Waals surface area contributed by atoms with Gasteiger partial charge in [-0.15, -0.1) is 0 Å². The lowest BCUT2D eigenvalue weighted by atomic mass is 10.2. The molecule has 0 saturated carbocycles. The quantitative estimate of drug-likeness (QED) is 0.280. The molecule has 152 valence electrons. The van der Waals surface area contributed by atoms with Gasteiger partial charge in [0, 0.05) is 24.3 Å². The number of rotatable bonds is 7. The average Bonchev–Trinajstić information content (AvgIpc) is 3.22. The Morgan fingerprint density at radius 1 is 1.14 bits per heavy atom. The molecule has 1 aliphatic rings. The normalized spacial score (nSPS) is 13.7. The van der Waals surface area contributed by atoms with E-state index in [1.807, 2.05) is 12.1 Å². The van der Waals surface area contributed by atoms with Crippen molar-refractivity contribution in [3.63, 3.8) is 0 Å². The van der Waals surface area contributed by atoms with E-state index in [1.54, 1.807) is 30.5 Å². The first-order valence-electron chi connectivity index (χ1n) is 8.96. The van der Waals surface area contributed by atoms with Gasteiger partial charge in [-0.3, -0.25) is 4.79 Å². The second kappa shape index (κ2) is 10.2. The minimum atomic E-state index is -1.03. The highest BCUT2D eigenvalue weighted by Gasteiger charge is 2.13. The first-order valence-corrected chi connectivity index (χ1v) is 11.1. The monoisotopic (exact) mass is 619 g/mol. The van der Waals surface area contributed by atoms with E-state index in [-0.39, 0.29) is 5.91 Å². The lowest BCUT2D eigenvalue weighted by Gasteiger charge is -2.17. The second-order valence-electron chi connectivity index (χ2n) is 6.44. The molecule has 1 amide bonds. The number of hydrogen-bond donors (Lipinski definition) is 2. The minimum absolute atomic E-state index is 0.278. The molecule has 9 heteroatoms. The lowest BCUT2D eigenvalue weighted by Crippen LogP contribution is -2.19. The molecule has 7 nitrogen and oxygen atoms in total. The highest BCUT2D eigenvalue weighted by atomic mass is 127. The third-order valence-corrected chi connectivity index (χ3v) is 5.94. The van der Waals surface area contributed by atoms with Crippen LogP contribution in [0, 0.1) is 7.14 Å². The summed E-state index contributed by atoms with van der Waals surface area (Å²) in [6, 6.07) is 11.1. The Bertz CT molecular complexity index is 903. The number of carboxylic acid groups (broad SMARTS) is 1. The third kappa shape index (κ3) is 6.04. The molecule has 29 heavy (non-hydrogen) atoms. The molecule has 0 radical (unpaired) electrons. The van der Waals surface area contributed by atoms with Crippen LogP contribution in [0.2, 0.25) is 0 Å². The van der Waals surface area contributed by atoms with Gasteiger partial charge in [0.15, 0.2) is 6.61 Å². The highest BCUT2D eigenvalue weighted by molar-refractivity contribution is 14.1. The van der Waals surface area contributed by atoms with E-state index >= 15 is 0 Å². The van der Waals surface area contributed by atoms with E-state index in [1.165, 1.54) is 12.8 Å². The topological polar surface area (TPSA) is 91.2 Å². The van der Waals surface area contributed by atoms with Crippen LogP contribution in [0.1, 0.15) is 28.8 Å². The van der Waals surface area contributed by atoms with Crippen molar-refractivity contribution < 1.29 is 19.4 Å². The lowest BCUT2D eigenvalue weighted by molar-refractivity contribution is -0.139. The molecule has 2 N–H and O–H groups in total. The first-order chi connectivity index (χ1) is 13.9. The summed E-state index contributed by atoms with van der Waals surface area (Å²) in [7, 11) is 0. The minimum Gasteiger partial charge on any atom is -0.480 e. The number of anilines is 1. The fraction of sp³-hybridized carbons (Fsp3) is 0.250. The predicted octanol–water partition coefficient (Wildman–Crippen LogP) is 3.72. The van der Waals surface area contributed by atoms with Gasteiger partial charge >= 0.3 is 5.97 Å². The number of hydrazone groups is 1. The zero-order chi connectivity index (χ0) is 20.8. The Morgan fingerprint density at radius 2 is 1.76 bits per heavy atom. The first kappa shape index (κ1) is 21.8. The standard InChI is InChI=1S/C20H19I2N3O4/c21-16-9-13(10-17(22)19(16)29-12-18(26)27)11-23-24-20(28)14-3-5-15(6-4-14)25-7-1-2-8-25/h3-6,9-11H,1-2,7-8,12H2,(H,24,28)(H,26,27)/b23-11-. The van der Waals surface area contributed by atoms with E-state index in [2.05, 4.69) is 60.6 Å². The number of benzene rings is 2. The summed E-state index contributed by atoms with van der Waals surface area (Å²) in [5, 5.41) is 12.8. The van der Waals surface area contributed by atoms with Gasteiger partial charge in [-0.2, -0.15) is 5.10 Å². The molecule has 1 saturated heterocycles. The Morgan fingerprint density at radius 3 is 2.34 bits per heavy atom. The maximum Gasteiger partial charge on any atom is 0.341 e. The Kier molecular flexibility index (Phi) is 7.70. The van der Waals surface area contributed by atoms with Gasteiger partial charge in [-0.1, -0.05) is 0 Å². The SMILES string of the molecule is O=C(O)COc1c(I)cc(/C=N\NC(=O)c2ccc(N3CCCC3)cc2)cc1I. The molecule has 1 heterocycles. The van der Waals surface area contributed by atoms with Gasteiger partial charge in [0.05, 0.1) is 13.4 Å². The van der Waals surface area contributed by atoms with Crippen molar-refractivity contribution in [1.82, 2.24) is 5.43 Å². The number of carbonyl (C=O) groups is 2. The third-order valence-electron chi connectivity index (χ3n) is 4.34. The van der Waals surface area contributed by atoms with Crippen molar-refractivity contribution in [3.8, 4) is 5.75 Å². The summed E-state index contributed by atoms with van der Waals surface area (Å²) in [4.78, 5) is 25.3. The molecule has 0 aromatic heterocycles. The molecule has 2 aromatic rings. The van der Waals surface area contributed by atoms with Gasteiger partial charge in [-0.05, 0) is 100.0 Å². The summed E-state index contributed by atoms with van der Waals surface area (Å²) in [5.41, 5.74) is 4.99. The van der Waals surface area contributed by atoms with Crippen molar-refractivity contribution >= 4 is 69.0 Å². The number of aliphatic carboxylic acids is 1. The largest absolute Gasteiger partial charge is 0.480 e. The smallest absolute Gasteiger partial charge is 0.341 e. The van der Waals surface area contributed by atoms with Gasteiger partial charge in [-0.25, -0.2) is 10.2 Å². The van der Waals surface area contributed by atoms with Crippen molar-refractivity contribution in [2.45, 2.75) is 12.8 Å². The average molecular weight is 619 g/mol. The van der Waals surface area contributed by atoms with Crippen LogP contribution in [0.3, 0.4) is 0 Å². The summed E-state index contributed by atoms with van der Waals surface area (Å²) < 4.78 is 6.83. The number of amides is 1. The van der Waals surface area contributed by atoms with Crippen molar-refractivity contribution in [1.29, 1.82) is 0 Å². The van der Waals surface area contributed by atoms with E-state index in [0.717, 1.165) is 31.5 Å². The number of carboxylic acids is 1. The zero-order valence-electron chi connectivity index (χ0n) is 15.4. The zero-order valence-corrected chi connectivity index (χ0v) is 19.7. The summed E-state index contributed by atoms with van der Waals surface area (Å²) in [5.74, 6) is -0.786. The molecular formula is C20H19I2N3O4. The van der Waals surface area contributed by atoms with Crippen LogP contribution in [0.4, 0.5) is 5.69 Å². The van der Waals surface area contributed by atoms with Crippen molar-refractivity contribution in [3.05, 3.63) is 54.7 Å². The maximum atomic E-state index is 12.3. The molecule has 1 fully saturated rings. The fourth-order valence-electron chi connectivity index (χ4n) is 2.95. The summed E-state index contributed by atoms with van der Waals surface area (Å²) in [6.07, 6.45) is 3.96. The second-order valence-corrected chi connectivity index (χ2v) is 8.76. The molecule has 3 rings (SSSR count). The van der Waals surface area contributed by atoms with Crippen LogP contribution < -0.4 is 15.1 Å². The Balaban J connectivity index is 1.60. The highest BCUT2D eigenvalue weighted by Crippen LogP contribution is 2.28. The van der Waals surface area contributed by atoms with Gasteiger partial charge in [0.1, 0.15) is 5.75 Å². The fourth-order valence-corrected chi connectivity index (χ4v) is 5.08. The number of halogens is 2. The van der Waals surface area contributed by atoms with Gasteiger partial charge < -0.3 is 14.7 Å². The van der Waals surface area contributed by atoms with Crippen molar-refractivity contribution in [2.75, 3.05) is 24.6 Å². The van der Waals surface area contributed by atoms with Crippen LogP contribution in [-0.2, 0) is 4.79 Å². The maximum absolute atomic E-state index is 12.3. The summed E-state index contributed by atoms with van der Waals surface area (Å²) >= 11 is 4.15. The molecule has 0 atom stereocenters. The van der Waals surface area contributed by atoms with Crippen molar-refractivity contribution in [2.24, 2.45) is 5.10 Å². The van der Waals surface area contributed by atoms with Gasteiger partial charge in [0.2, 0.25) is 0 Å². The van der Waals surface area contributed by atoms with E-state index in [4.69, 9.17) is 9.84 Å². The van der Waals surface area contributed by atoms with Crippen LogP contribution >= 0.6 is 45.2 Å². The molecule has 0 bridgehead atoms.